The summed E-state index contributed by atoms with van der Waals surface area (Å²) in [6.07, 6.45) is 0. The van der Waals surface area contributed by atoms with Crippen LogP contribution in [0.2, 0.25) is 0 Å². The number of benzene rings is 1. The predicted octanol–water partition coefficient (Wildman–Crippen LogP) is 0.391. The number of ether oxygens (including phenoxy) is 1. The van der Waals surface area contributed by atoms with Crippen LogP contribution in [0.25, 0.3) is 0 Å². The lowest BCUT2D eigenvalue weighted by Gasteiger charge is -2.09. The first-order valence-electron chi connectivity index (χ1n) is 6.44. The lowest BCUT2D eigenvalue weighted by atomic mass is 10.2. The number of fused-ring (bicyclic) bond motifs is 1. The van der Waals surface area contributed by atoms with E-state index in [0.29, 0.717) is 11.8 Å². The first kappa shape index (κ1) is 16.2. The highest BCUT2D eigenvalue weighted by atomic mass is 35.5. The van der Waals surface area contributed by atoms with Gasteiger partial charge < -0.3 is 10.1 Å². The van der Waals surface area contributed by atoms with Crippen molar-refractivity contribution in [3.8, 4) is 0 Å². The van der Waals surface area contributed by atoms with Gasteiger partial charge in [-0.25, -0.2) is 17.9 Å². The summed E-state index contributed by atoms with van der Waals surface area (Å²) in [5.41, 5.74) is 0.230. The highest BCUT2D eigenvalue weighted by Gasteiger charge is 2.54. The number of carbonyl (C=O) groups is 1. The van der Waals surface area contributed by atoms with Gasteiger partial charge in [0.25, 0.3) is 0 Å². The Labute approximate surface area is 129 Å². The topological polar surface area (TPSA) is 84.5 Å². The van der Waals surface area contributed by atoms with E-state index >= 15 is 0 Å². The van der Waals surface area contributed by atoms with E-state index in [-0.39, 0.29) is 28.9 Å². The van der Waals surface area contributed by atoms with Crippen LogP contribution in [0.3, 0.4) is 0 Å². The Morgan fingerprint density at radius 3 is 2.62 bits per heavy atom. The summed E-state index contributed by atoms with van der Waals surface area (Å²) in [6, 6.07) is 5.90. The molecule has 2 atom stereocenters. The SMILES string of the molecule is COC(=O)c1cccc(S(=O)(=O)NC2C3CNCC32)c1.Cl. The standard InChI is InChI=1S/C13H16N2O4S.ClH/c1-19-13(16)8-3-2-4-9(5-8)20(17,18)15-12-10-6-14-7-11(10)12;/h2-5,10-12,14-15H,6-7H2,1H3;1H. The maximum Gasteiger partial charge on any atom is 0.337 e. The zero-order valence-electron chi connectivity index (χ0n) is 11.4. The van der Waals surface area contributed by atoms with Crippen molar-refractivity contribution < 1.29 is 17.9 Å². The quantitative estimate of drug-likeness (QED) is 0.779. The summed E-state index contributed by atoms with van der Waals surface area (Å²) in [7, 11) is -2.32. The highest BCUT2D eigenvalue weighted by molar-refractivity contribution is 7.89. The summed E-state index contributed by atoms with van der Waals surface area (Å²) in [5.74, 6) is 0.247. The van der Waals surface area contributed by atoms with Crippen LogP contribution >= 0.6 is 12.4 Å². The third-order valence-corrected chi connectivity index (χ3v) is 5.41. The van der Waals surface area contributed by atoms with Crippen molar-refractivity contribution in [2.75, 3.05) is 20.2 Å². The molecule has 1 aromatic rings. The number of rotatable bonds is 4. The number of esters is 1. The Hall–Kier alpha value is -1.15. The number of carbonyl (C=O) groups excluding carboxylic acids is 1. The summed E-state index contributed by atoms with van der Waals surface area (Å²) in [4.78, 5) is 11.5. The molecule has 0 radical (unpaired) electrons. The van der Waals surface area contributed by atoms with Gasteiger partial charge in [0.1, 0.15) is 0 Å². The smallest absolute Gasteiger partial charge is 0.337 e. The first-order valence-corrected chi connectivity index (χ1v) is 7.92. The van der Waals surface area contributed by atoms with E-state index in [1.165, 1.54) is 31.4 Å². The van der Waals surface area contributed by atoms with Gasteiger partial charge in [0, 0.05) is 6.04 Å². The highest BCUT2D eigenvalue weighted by Crippen LogP contribution is 2.42. The van der Waals surface area contributed by atoms with E-state index in [9.17, 15) is 13.2 Å². The molecule has 1 aliphatic carbocycles. The van der Waals surface area contributed by atoms with E-state index in [0.717, 1.165) is 13.1 Å². The molecule has 0 aromatic heterocycles. The molecule has 1 saturated carbocycles. The number of nitrogens with one attached hydrogen (secondary N) is 2. The molecule has 116 valence electrons. The van der Waals surface area contributed by atoms with Gasteiger partial charge in [-0.05, 0) is 43.1 Å². The zero-order chi connectivity index (χ0) is 14.3. The molecule has 1 heterocycles. The average molecular weight is 333 g/mol. The summed E-state index contributed by atoms with van der Waals surface area (Å²) in [6.45, 7) is 1.72. The largest absolute Gasteiger partial charge is 0.465 e. The fraction of sp³-hybridized carbons (Fsp3) is 0.462. The number of hydrogen-bond acceptors (Lipinski definition) is 5. The summed E-state index contributed by atoms with van der Waals surface area (Å²) in [5, 5.41) is 3.21. The van der Waals surface area contributed by atoms with Crippen LogP contribution in [-0.2, 0) is 14.8 Å². The van der Waals surface area contributed by atoms with Gasteiger partial charge in [0.2, 0.25) is 10.0 Å². The van der Waals surface area contributed by atoms with Crippen molar-refractivity contribution in [3.05, 3.63) is 29.8 Å². The Bertz CT molecular complexity index is 639. The van der Waals surface area contributed by atoms with Gasteiger partial charge in [0.05, 0.1) is 17.6 Å². The molecule has 3 rings (SSSR count). The Kier molecular flexibility index (Phi) is 4.57. The Morgan fingerprint density at radius 1 is 1.33 bits per heavy atom. The Balaban J connectivity index is 0.00000161. The van der Waals surface area contributed by atoms with Crippen LogP contribution in [0.15, 0.2) is 29.2 Å². The van der Waals surface area contributed by atoms with Gasteiger partial charge in [-0.2, -0.15) is 0 Å². The molecular formula is C13H17ClN2O4S. The van der Waals surface area contributed by atoms with Gasteiger partial charge in [-0.1, -0.05) is 6.07 Å². The van der Waals surface area contributed by atoms with Crippen LogP contribution in [-0.4, -0.2) is 40.6 Å². The second-order valence-electron chi connectivity index (χ2n) is 5.15. The molecule has 2 aliphatic rings. The normalized spacial score (nSPS) is 26.6. The molecule has 0 amide bonds. The molecule has 6 nitrogen and oxygen atoms in total. The third-order valence-electron chi connectivity index (χ3n) is 3.95. The van der Waals surface area contributed by atoms with Gasteiger partial charge in [-0.3, -0.25) is 0 Å². The third kappa shape index (κ3) is 3.06. The molecule has 21 heavy (non-hydrogen) atoms. The van der Waals surface area contributed by atoms with Gasteiger partial charge >= 0.3 is 5.97 Å². The van der Waals surface area contributed by atoms with Crippen molar-refractivity contribution in [3.63, 3.8) is 0 Å². The van der Waals surface area contributed by atoms with Gasteiger partial charge in [-0.15, -0.1) is 12.4 Å². The Morgan fingerprint density at radius 2 is 2.00 bits per heavy atom. The lowest BCUT2D eigenvalue weighted by molar-refractivity contribution is 0.0600. The molecule has 0 bridgehead atoms. The van der Waals surface area contributed by atoms with E-state index in [2.05, 4.69) is 14.8 Å². The number of piperidine rings is 1. The monoisotopic (exact) mass is 332 g/mol. The van der Waals surface area contributed by atoms with Crippen LogP contribution in [0.4, 0.5) is 0 Å². The maximum absolute atomic E-state index is 12.3. The molecule has 2 fully saturated rings. The predicted molar refractivity (Wildman–Crippen MR) is 79.0 cm³/mol. The number of sulfonamides is 1. The molecule has 1 saturated heterocycles. The van der Waals surface area contributed by atoms with Gasteiger partial charge in [0.15, 0.2) is 0 Å². The minimum absolute atomic E-state index is 0. The molecule has 2 N–H and O–H groups in total. The minimum Gasteiger partial charge on any atom is -0.465 e. The zero-order valence-corrected chi connectivity index (χ0v) is 13.0. The number of hydrogen-bond donors (Lipinski definition) is 2. The van der Waals surface area contributed by atoms with Crippen molar-refractivity contribution in [1.82, 2.24) is 10.0 Å². The molecule has 0 spiro atoms. The average Bonchev–Trinajstić information content (AvgIpc) is 2.89. The number of halogens is 1. The van der Waals surface area contributed by atoms with Crippen LogP contribution in [0.5, 0.6) is 0 Å². The molecule has 2 unspecified atom stereocenters. The molecule has 8 heteroatoms. The van der Waals surface area contributed by atoms with Crippen LogP contribution in [0.1, 0.15) is 10.4 Å². The molecule has 1 aliphatic heterocycles. The van der Waals surface area contributed by atoms with E-state index in [1.807, 2.05) is 0 Å². The van der Waals surface area contributed by atoms with Crippen LogP contribution in [0, 0.1) is 11.8 Å². The number of methoxy groups -OCH3 is 1. The molecular weight excluding hydrogens is 316 g/mol. The summed E-state index contributed by atoms with van der Waals surface area (Å²) < 4.78 is 31.9. The molecule has 1 aromatic carbocycles. The second-order valence-corrected chi connectivity index (χ2v) is 6.87. The van der Waals surface area contributed by atoms with E-state index in [1.54, 1.807) is 0 Å². The van der Waals surface area contributed by atoms with Crippen molar-refractivity contribution in [2.24, 2.45) is 11.8 Å². The fourth-order valence-corrected chi connectivity index (χ4v) is 4.13. The minimum atomic E-state index is -3.59. The fourth-order valence-electron chi connectivity index (χ4n) is 2.75. The maximum atomic E-state index is 12.3. The van der Waals surface area contributed by atoms with Crippen LogP contribution < -0.4 is 10.0 Å². The van der Waals surface area contributed by atoms with Crippen molar-refractivity contribution in [1.29, 1.82) is 0 Å². The van der Waals surface area contributed by atoms with E-state index < -0.39 is 16.0 Å². The van der Waals surface area contributed by atoms with Crippen molar-refractivity contribution in [2.45, 2.75) is 10.9 Å². The van der Waals surface area contributed by atoms with Crippen molar-refractivity contribution >= 4 is 28.4 Å². The lowest BCUT2D eigenvalue weighted by Crippen LogP contribution is -2.32. The summed E-state index contributed by atoms with van der Waals surface area (Å²) >= 11 is 0. The van der Waals surface area contributed by atoms with E-state index in [4.69, 9.17) is 0 Å². The second kappa shape index (κ2) is 5.92. The first-order chi connectivity index (χ1) is 9.53.